The molecule has 2 heteroatoms. The summed E-state index contributed by atoms with van der Waals surface area (Å²) in [4.78, 5) is 0. The second-order valence-electron chi connectivity index (χ2n) is 6.87. The van der Waals surface area contributed by atoms with Gasteiger partial charge in [0.2, 0.25) is 0 Å². The van der Waals surface area contributed by atoms with Gasteiger partial charge in [0.05, 0.1) is 6.61 Å². The van der Waals surface area contributed by atoms with E-state index >= 15 is 0 Å². The molecule has 2 rings (SSSR count). The minimum atomic E-state index is 0.112. The first kappa shape index (κ1) is 14.4. The van der Waals surface area contributed by atoms with Gasteiger partial charge in [-0.15, -0.1) is 0 Å². The SMILES string of the molecule is CC(C)(C)C1CCC(Nc2ccccc2CO)CC1. The lowest BCUT2D eigenvalue weighted by atomic mass is 9.71. The van der Waals surface area contributed by atoms with Crippen LogP contribution in [0, 0.1) is 11.3 Å². The highest BCUT2D eigenvalue weighted by molar-refractivity contribution is 5.51. The Morgan fingerprint density at radius 2 is 1.74 bits per heavy atom. The van der Waals surface area contributed by atoms with Crippen molar-refractivity contribution in [2.75, 3.05) is 5.32 Å². The molecule has 0 unspecified atom stereocenters. The average molecular weight is 261 g/mol. The molecule has 0 aliphatic heterocycles. The van der Waals surface area contributed by atoms with Gasteiger partial charge in [0.25, 0.3) is 0 Å². The van der Waals surface area contributed by atoms with E-state index in [1.165, 1.54) is 25.7 Å². The van der Waals surface area contributed by atoms with Crippen LogP contribution in [0.4, 0.5) is 5.69 Å². The van der Waals surface area contributed by atoms with Gasteiger partial charge in [0.1, 0.15) is 0 Å². The van der Waals surface area contributed by atoms with E-state index in [-0.39, 0.29) is 6.61 Å². The van der Waals surface area contributed by atoms with Crippen molar-refractivity contribution in [1.29, 1.82) is 0 Å². The highest BCUT2D eigenvalue weighted by Gasteiger charge is 2.29. The average Bonchev–Trinajstić information content (AvgIpc) is 2.39. The Bertz CT molecular complexity index is 400. The van der Waals surface area contributed by atoms with Crippen molar-refractivity contribution in [3.05, 3.63) is 29.8 Å². The molecule has 2 nitrogen and oxygen atoms in total. The van der Waals surface area contributed by atoms with Crippen LogP contribution in [0.2, 0.25) is 0 Å². The largest absolute Gasteiger partial charge is 0.392 e. The summed E-state index contributed by atoms with van der Waals surface area (Å²) >= 11 is 0. The third-order valence-corrected chi connectivity index (χ3v) is 4.50. The van der Waals surface area contributed by atoms with Crippen LogP contribution in [0.3, 0.4) is 0 Å². The van der Waals surface area contributed by atoms with Gasteiger partial charge in [-0.25, -0.2) is 0 Å². The van der Waals surface area contributed by atoms with Gasteiger partial charge < -0.3 is 10.4 Å². The van der Waals surface area contributed by atoms with E-state index in [2.05, 4.69) is 32.2 Å². The minimum absolute atomic E-state index is 0.112. The predicted octanol–water partition coefficient (Wildman–Crippen LogP) is 4.20. The van der Waals surface area contributed by atoms with Crippen LogP contribution in [0.5, 0.6) is 0 Å². The number of rotatable bonds is 3. The van der Waals surface area contributed by atoms with E-state index in [0.717, 1.165) is 17.2 Å². The molecule has 0 atom stereocenters. The molecule has 1 aromatic rings. The molecule has 0 amide bonds. The van der Waals surface area contributed by atoms with E-state index in [0.29, 0.717) is 11.5 Å². The zero-order valence-corrected chi connectivity index (χ0v) is 12.4. The first-order valence-corrected chi connectivity index (χ1v) is 7.46. The summed E-state index contributed by atoms with van der Waals surface area (Å²) in [6.45, 7) is 7.17. The van der Waals surface area contributed by atoms with Crippen molar-refractivity contribution in [3.63, 3.8) is 0 Å². The number of benzene rings is 1. The second kappa shape index (κ2) is 5.96. The van der Waals surface area contributed by atoms with Crippen molar-refractivity contribution in [1.82, 2.24) is 0 Å². The highest BCUT2D eigenvalue weighted by Crippen LogP contribution is 2.38. The lowest BCUT2D eigenvalue weighted by Crippen LogP contribution is -2.31. The van der Waals surface area contributed by atoms with Gasteiger partial charge in [0.15, 0.2) is 0 Å². The molecule has 0 saturated heterocycles. The molecule has 1 saturated carbocycles. The lowest BCUT2D eigenvalue weighted by Gasteiger charge is -2.37. The maximum atomic E-state index is 9.36. The maximum Gasteiger partial charge on any atom is 0.0701 e. The molecule has 1 aliphatic rings. The van der Waals surface area contributed by atoms with Crippen LogP contribution in [-0.4, -0.2) is 11.1 Å². The van der Waals surface area contributed by atoms with Gasteiger partial charge in [-0.05, 0) is 43.1 Å². The summed E-state index contributed by atoms with van der Waals surface area (Å²) in [5.74, 6) is 0.846. The van der Waals surface area contributed by atoms with Crippen molar-refractivity contribution in [3.8, 4) is 0 Å². The number of aliphatic hydroxyl groups excluding tert-OH is 1. The third kappa shape index (κ3) is 3.73. The van der Waals surface area contributed by atoms with Crippen LogP contribution in [0.15, 0.2) is 24.3 Å². The van der Waals surface area contributed by atoms with E-state index in [4.69, 9.17) is 0 Å². The number of para-hydroxylation sites is 1. The summed E-state index contributed by atoms with van der Waals surface area (Å²) in [5, 5.41) is 13.0. The van der Waals surface area contributed by atoms with E-state index in [9.17, 15) is 5.11 Å². The van der Waals surface area contributed by atoms with Gasteiger partial charge in [-0.2, -0.15) is 0 Å². The van der Waals surface area contributed by atoms with Crippen molar-refractivity contribution in [2.45, 2.75) is 59.1 Å². The van der Waals surface area contributed by atoms with E-state index in [1.807, 2.05) is 18.2 Å². The zero-order valence-electron chi connectivity index (χ0n) is 12.4. The first-order chi connectivity index (χ1) is 9.00. The fourth-order valence-corrected chi connectivity index (χ4v) is 3.12. The Morgan fingerprint density at radius 3 is 2.32 bits per heavy atom. The summed E-state index contributed by atoms with van der Waals surface area (Å²) in [5.41, 5.74) is 2.54. The number of hydrogen-bond donors (Lipinski definition) is 2. The fraction of sp³-hybridized carbons (Fsp3) is 0.647. The molecule has 106 valence electrons. The van der Waals surface area contributed by atoms with Crippen molar-refractivity contribution < 1.29 is 5.11 Å². The van der Waals surface area contributed by atoms with Crippen LogP contribution in [0.1, 0.15) is 52.0 Å². The summed E-state index contributed by atoms with van der Waals surface area (Å²) < 4.78 is 0. The molecule has 1 aromatic carbocycles. The number of nitrogens with one attached hydrogen (secondary N) is 1. The Balaban J connectivity index is 1.92. The summed E-state index contributed by atoms with van der Waals surface area (Å²) in [6.07, 6.45) is 5.09. The molecule has 19 heavy (non-hydrogen) atoms. The second-order valence-corrected chi connectivity index (χ2v) is 6.87. The van der Waals surface area contributed by atoms with Crippen LogP contribution >= 0.6 is 0 Å². The fourth-order valence-electron chi connectivity index (χ4n) is 3.12. The number of aliphatic hydroxyl groups is 1. The molecule has 2 N–H and O–H groups in total. The monoisotopic (exact) mass is 261 g/mol. The standard InChI is InChI=1S/C17H27NO/c1-17(2,3)14-8-10-15(11-9-14)18-16-7-5-4-6-13(16)12-19/h4-7,14-15,18-19H,8-12H2,1-3H3. The molecule has 0 heterocycles. The van der Waals surface area contributed by atoms with Crippen molar-refractivity contribution in [2.24, 2.45) is 11.3 Å². The number of anilines is 1. The van der Waals surface area contributed by atoms with Gasteiger partial charge in [-0.3, -0.25) is 0 Å². The number of hydrogen-bond acceptors (Lipinski definition) is 2. The Labute approximate surface area is 117 Å². The highest BCUT2D eigenvalue weighted by atomic mass is 16.3. The summed E-state index contributed by atoms with van der Waals surface area (Å²) in [7, 11) is 0. The third-order valence-electron chi connectivity index (χ3n) is 4.50. The minimum Gasteiger partial charge on any atom is -0.392 e. The normalized spacial score (nSPS) is 24.2. The molecule has 1 fully saturated rings. The predicted molar refractivity (Wildman–Crippen MR) is 81.2 cm³/mol. The molecule has 0 spiro atoms. The van der Waals surface area contributed by atoms with Crippen LogP contribution < -0.4 is 5.32 Å². The molecule has 0 radical (unpaired) electrons. The van der Waals surface area contributed by atoms with Gasteiger partial charge in [0, 0.05) is 17.3 Å². The Kier molecular flexibility index (Phi) is 4.51. The molecule has 0 bridgehead atoms. The topological polar surface area (TPSA) is 32.3 Å². The molecular weight excluding hydrogens is 234 g/mol. The van der Waals surface area contributed by atoms with E-state index < -0.39 is 0 Å². The lowest BCUT2D eigenvalue weighted by molar-refractivity contribution is 0.173. The maximum absolute atomic E-state index is 9.36. The molecular formula is C17H27NO. The first-order valence-electron chi connectivity index (χ1n) is 7.46. The van der Waals surface area contributed by atoms with Gasteiger partial charge >= 0.3 is 0 Å². The van der Waals surface area contributed by atoms with Crippen LogP contribution in [0.25, 0.3) is 0 Å². The Morgan fingerprint density at radius 1 is 1.11 bits per heavy atom. The van der Waals surface area contributed by atoms with E-state index in [1.54, 1.807) is 0 Å². The quantitative estimate of drug-likeness (QED) is 0.855. The van der Waals surface area contributed by atoms with Gasteiger partial charge in [-0.1, -0.05) is 39.0 Å². The molecule has 1 aliphatic carbocycles. The smallest absolute Gasteiger partial charge is 0.0701 e. The molecule has 0 aromatic heterocycles. The summed E-state index contributed by atoms with van der Waals surface area (Å²) in [6, 6.07) is 8.63. The zero-order chi connectivity index (χ0) is 13.9. The van der Waals surface area contributed by atoms with Crippen molar-refractivity contribution >= 4 is 5.69 Å². The Hall–Kier alpha value is -1.02. The van der Waals surface area contributed by atoms with Crippen LogP contribution in [-0.2, 0) is 6.61 Å².